The van der Waals surface area contributed by atoms with Gasteiger partial charge in [-0.05, 0) is 24.2 Å². The third-order valence-electron chi connectivity index (χ3n) is 7.06. The molecule has 0 spiro atoms. The van der Waals surface area contributed by atoms with E-state index in [2.05, 4.69) is 31.3 Å². The van der Waals surface area contributed by atoms with E-state index in [0.717, 1.165) is 10.6 Å². The summed E-state index contributed by atoms with van der Waals surface area (Å²) >= 11 is 10.1. The average molecular weight is 620 g/mol. The van der Waals surface area contributed by atoms with E-state index in [1.807, 2.05) is 6.92 Å². The van der Waals surface area contributed by atoms with Gasteiger partial charge in [0.25, 0.3) is 0 Å². The quantitative estimate of drug-likeness (QED) is 0.428. The van der Waals surface area contributed by atoms with Gasteiger partial charge in [0, 0.05) is 47.1 Å². The van der Waals surface area contributed by atoms with Crippen LogP contribution in [-0.4, -0.2) is 59.7 Å². The molecule has 2 aliphatic rings. The number of ether oxygens (including phenoxy) is 2. The predicted octanol–water partition coefficient (Wildman–Crippen LogP) is 5.41. The smallest absolute Gasteiger partial charge is 0.431 e. The van der Waals surface area contributed by atoms with Crippen molar-refractivity contribution in [1.29, 1.82) is 0 Å². The monoisotopic (exact) mass is 618 g/mol. The zero-order valence-electron chi connectivity index (χ0n) is 20.9. The first-order valence-electron chi connectivity index (χ1n) is 11.9. The summed E-state index contributed by atoms with van der Waals surface area (Å²) in [6.07, 6.45) is -2.57. The number of nitrogens with one attached hydrogen (secondary N) is 1. The van der Waals surface area contributed by atoms with E-state index < -0.39 is 42.0 Å². The first-order chi connectivity index (χ1) is 17.9. The van der Waals surface area contributed by atoms with Crippen LogP contribution in [0.1, 0.15) is 37.4 Å². The van der Waals surface area contributed by atoms with E-state index >= 15 is 0 Å². The van der Waals surface area contributed by atoms with Crippen molar-refractivity contribution in [3.63, 3.8) is 0 Å². The molecule has 8 nitrogen and oxygen atoms in total. The molecule has 2 aromatic rings. The Hall–Kier alpha value is -2.57. The highest BCUT2D eigenvalue weighted by Crippen LogP contribution is 2.46. The van der Waals surface area contributed by atoms with E-state index in [1.54, 1.807) is 24.3 Å². The lowest BCUT2D eigenvalue weighted by atomic mass is 9.77. The van der Waals surface area contributed by atoms with Gasteiger partial charge >= 0.3 is 12.1 Å². The van der Waals surface area contributed by atoms with Crippen LogP contribution in [0.15, 0.2) is 40.0 Å². The second kappa shape index (κ2) is 10.9. The summed E-state index contributed by atoms with van der Waals surface area (Å²) in [5.74, 6) is -1.52. The molecule has 0 unspecified atom stereocenters. The van der Waals surface area contributed by atoms with Crippen molar-refractivity contribution in [1.82, 2.24) is 15.3 Å². The molecule has 38 heavy (non-hydrogen) atoms. The second-order valence-corrected chi connectivity index (χ2v) is 10.7. The number of carbonyl (C=O) groups is 1. The minimum atomic E-state index is -4.68. The van der Waals surface area contributed by atoms with Gasteiger partial charge in [-0.1, -0.05) is 47.4 Å². The maximum absolute atomic E-state index is 13.6. The van der Waals surface area contributed by atoms with Crippen molar-refractivity contribution in [3.05, 3.63) is 51.1 Å². The Morgan fingerprint density at radius 1 is 1.34 bits per heavy atom. The number of benzene rings is 1. The number of methoxy groups -OCH3 is 1. The van der Waals surface area contributed by atoms with E-state index in [9.17, 15) is 23.1 Å². The van der Waals surface area contributed by atoms with Gasteiger partial charge < -0.3 is 19.9 Å². The molecule has 0 bridgehead atoms. The minimum absolute atomic E-state index is 0.0111. The molecule has 1 aromatic carbocycles. The first-order valence-corrected chi connectivity index (χ1v) is 13.1. The van der Waals surface area contributed by atoms with Gasteiger partial charge in [-0.2, -0.15) is 18.3 Å². The van der Waals surface area contributed by atoms with E-state index in [-0.39, 0.29) is 5.92 Å². The van der Waals surface area contributed by atoms with Crippen molar-refractivity contribution in [2.45, 2.75) is 38.1 Å². The van der Waals surface area contributed by atoms with Crippen LogP contribution in [-0.2, 0) is 10.4 Å². The maximum Gasteiger partial charge on any atom is 0.431 e. The van der Waals surface area contributed by atoms with E-state index in [1.165, 1.54) is 20.2 Å². The number of nitrogens with zero attached hydrogens (tertiary/aromatic N) is 3. The standard InChI is InChI=1S/C25H27BrClF3N4O4/c1-13-10-31-7-6-24(13,17-9-20(37-3)32-11-19(17)27)38-15-4-5-16(18(26)8-15)22-14(2)23(25(28,29)30)33-34(22)12-21(35)36/h4-5,8-9,11,13-14,22,31H,6-7,10,12H2,1-3H3,(H,35,36)/t13-,14+,22+,24-/m1/s1. The Morgan fingerprint density at radius 2 is 2.08 bits per heavy atom. The molecule has 206 valence electrons. The van der Waals surface area contributed by atoms with Crippen LogP contribution in [0.2, 0.25) is 5.02 Å². The predicted molar refractivity (Wildman–Crippen MR) is 139 cm³/mol. The molecule has 0 amide bonds. The summed E-state index contributed by atoms with van der Waals surface area (Å²) < 4.78 is 53.2. The fourth-order valence-corrected chi connectivity index (χ4v) is 6.06. The summed E-state index contributed by atoms with van der Waals surface area (Å²) in [7, 11) is 1.51. The van der Waals surface area contributed by atoms with Crippen molar-refractivity contribution >= 4 is 39.2 Å². The highest BCUT2D eigenvalue weighted by Gasteiger charge is 2.49. The molecule has 4 atom stereocenters. The Labute approximate surface area is 231 Å². The Balaban J connectivity index is 1.71. The lowest BCUT2D eigenvalue weighted by Gasteiger charge is -2.44. The van der Waals surface area contributed by atoms with Crippen LogP contribution in [0, 0.1) is 11.8 Å². The Bertz CT molecular complexity index is 1250. The number of aromatic nitrogens is 1. The fourth-order valence-electron chi connectivity index (χ4n) is 5.20. The molecule has 3 heterocycles. The third kappa shape index (κ3) is 5.43. The zero-order chi connectivity index (χ0) is 27.8. The van der Waals surface area contributed by atoms with Gasteiger partial charge in [0.05, 0.1) is 18.2 Å². The second-order valence-electron chi connectivity index (χ2n) is 9.44. The molecule has 13 heteroatoms. The van der Waals surface area contributed by atoms with Crippen LogP contribution in [0.25, 0.3) is 0 Å². The lowest BCUT2D eigenvalue weighted by molar-refractivity contribution is -0.138. The SMILES string of the molecule is COc1cc([C@@]2(Oc3ccc([C@@H]4[C@H](C)C(C(F)(F)F)=NN4CC(=O)O)c(Br)c3)CCNC[C@H]2C)c(Cl)cn1. The number of alkyl halides is 3. The van der Waals surface area contributed by atoms with E-state index in [4.69, 9.17) is 21.1 Å². The number of pyridine rings is 1. The fraction of sp³-hybridized carbons (Fsp3) is 0.480. The normalized spacial score (nSPS) is 25.7. The summed E-state index contributed by atoms with van der Waals surface area (Å²) in [6.45, 7) is 4.10. The van der Waals surface area contributed by atoms with Crippen molar-refractivity contribution < 1.29 is 32.5 Å². The number of hydrazone groups is 1. The highest BCUT2D eigenvalue weighted by atomic mass is 79.9. The molecule has 4 rings (SSSR count). The largest absolute Gasteiger partial charge is 0.482 e. The maximum atomic E-state index is 13.6. The molecule has 1 fully saturated rings. The first kappa shape index (κ1) is 28.4. The van der Waals surface area contributed by atoms with Crippen molar-refractivity contribution in [2.24, 2.45) is 16.9 Å². The van der Waals surface area contributed by atoms with E-state index in [0.29, 0.717) is 46.2 Å². The number of hydrogen-bond donors (Lipinski definition) is 2. The number of piperidine rings is 1. The minimum Gasteiger partial charge on any atom is -0.482 e. The number of carboxylic acid groups (broad SMARTS) is 1. The van der Waals surface area contributed by atoms with Gasteiger partial charge in [0.2, 0.25) is 5.88 Å². The molecule has 1 saturated heterocycles. The summed E-state index contributed by atoms with van der Waals surface area (Å²) in [5.41, 5.74) is -0.660. The number of halogens is 5. The molecular weight excluding hydrogens is 593 g/mol. The molecule has 0 aliphatic carbocycles. The number of aliphatic carboxylic acids is 1. The lowest BCUT2D eigenvalue weighted by Crippen LogP contribution is -2.50. The van der Waals surface area contributed by atoms with Crippen LogP contribution >= 0.6 is 27.5 Å². The molecular formula is C25H27BrClF3N4O4. The summed E-state index contributed by atoms with van der Waals surface area (Å²) in [5, 5.41) is 17.7. The van der Waals surface area contributed by atoms with Crippen LogP contribution < -0.4 is 14.8 Å². The van der Waals surface area contributed by atoms with Crippen LogP contribution in [0.5, 0.6) is 11.6 Å². The zero-order valence-corrected chi connectivity index (χ0v) is 23.2. The van der Waals surface area contributed by atoms with Gasteiger partial charge in [0.15, 0.2) is 0 Å². The Kier molecular flexibility index (Phi) is 8.15. The molecule has 2 N–H and O–H groups in total. The van der Waals surface area contributed by atoms with Crippen molar-refractivity contribution in [2.75, 3.05) is 26.7 Å². The molecule has 0 radical (unpaired) electrons. The number of hydrogen-bond acceptors (Lipinski definition) is 7. The Morgan fingerprint density at radius 3 is 2.68 bits per heavy atom. The number of carboxylic acids is 1. The summed E-state index contributed by atoms with van der Waals surface area (Å²) in [6, 6.07) is 5.80. The van der Waals surface area contributed by atoms with Gasteiger partial charge in [-0.3, -0.25) is 9.80 Å². The van der Waals surface area contributed by atoms with Gasteiger partial charge in [-0.25, -0.2) is 4.98 Å². The number of rotatable bonds is 7. The van der Waals surface area contributed by atoms with Crippen LogP contribution in [0.3, 0.4) is 0 Å². The molecule has 2 aliphatic heterocycles. The third-order valence-corrected chi connectivity index (χ3v) is 8.04. The highest BCUT2D eigenvalue weighted by molar-refractivity contribution is 9.10. The molecule has 1 aromatic heterocycles. The topological polar surface area (TPSA) is 96.3 Å². The van der Waals surface area contributed by atoms with Crippen molar-refractivity contribution in [3.8, 4) is 11.6 Å². The van der Waals surface area contributed by atoms with Gasteiger partial charge in [-0.15, -0.1) is 0 Å². The summed E-state index contributed by atoms with van der Waals surface area (Å²) in [4.78, 5) is 15.5. The molecule has 0 saturated carbocycles. The van der Waals surface area contributed by atoms with Gasteiger partial charge in [0.1, 0.15) is 23.6 Å². The van der Waals surface area contributed by atoms with Crippen LogP contribution in [0.4, 0.5) is 13.2 Å². The average Bonchev–Trinajstić information content (AvgIpc) is 3.16.